The normalized spacial score (nSPS) is 30.7. The fraction of sp³-hybridized carbons (Fsp3) is 0.833. The summed E-state index contributed by atoms with van der Waals surface area (Å²) in [6.45, 7) is 14.9. The van der Waals surface area contributed by atoms with E-state index in [9.17, 15) is 4.55 Å². The molecule has 1 aliphatic rings. The molecule has 1 aliphatic heterocycles. The van der Waals surface area contributed by atoms with Crippen LogP contribution in [-0.2, 0) is 0 Å². The lowest BCUT2D eigenvalue weighted by atomic mass is 9.70. The number of hydrogen-bond acceptors (Lipinski definition) is 3. The van der Waals surface area contributed by atoms with Gasteiger partial charge in [-0.3, -0.25) is 0 Å². The van der Waals surface area contributed by atoms with E-state index >= 15 is 0 Å². The summed E-state index contributed by atoms with van der Waals surface area (Å²) in [7, 11) is 0. The van der Waals surface area contributed by atoms with Gasteiger partial charge in [0.15, 0.2) is 0 Å². The molecule has 1 rings (SSSR count). The van der Waals surface area contributed by atoms with Crippen molar-refractivity contribution in [2.75, 3.05) is 13.1 Å². The van der Waals surface area contributed by atoms with Crippen molar-refractivity contribution in [3.05, 3.63) is 12.2 Å². The Balaban J connectivity index is 2.90. The molecule has 2 N–H and O–H groups in total. The molecule has 0 saturated carbocycles. The summed E-state index contributed by atoms with van der Waals surface area (Å²) in [5, 5.41) is 3.53. The third-order valence-electron chi connectivity index (χ3n) is 3.08. The van der Waals surface area contributed by atoms with Crippen LogP contribution in [0.5, 0.6) is 0 Å². The minimum atomic E-state index is 0.0993. The maximum Gasteiger partial charge on any atom is 0.0578 e. The van der Waals surface area contributed by atoms with Crippen molar-refractivity contribution in [3.63, 3.8) is 0 Å². The lowest BCUT2D eigenvalue weighted by molar-refractivity contribution is 0.181. The van der Waals surface area contributed by atoms with Crippen molar-refractivity contribution in [2.24, 2.45) is 10.8 Å². The minimum absolute atomic E-state index is 0.0993. The second kappa shape index (κ2) is 4.48. The predicted molar refractivity (Wildman–Crippen MR) is 68.2 cm³/mol. The standard InChI is InChI=1S/C12H23NOS/c1-9-6-13-8-11(2,3)7-12(4,5)10(9)15-14/h10,13-14H,1,6-8H2,2-5H3. The van der Waals surface area contributed by atoms with E-state index in [0.717, 1.165) is 37.1 Å². The van der Waals surface area contributed by atoms with E-state index < -0.39 is 0 Å². The molecule has 0 spiro atoms. The van der Waals surface area contributed by atoms with Crippen molar-refractivity contribution >= 4 is 12.0 Å². The highest BCUT2D eigenvalue weighted by Crippen LogP contribution is 2.43. The molecule has 0 aromatic carbocycles. The minimum Gasteiger partial charge on any atom is -0.329 e. The van der Waals surface area contributed by atoms with Crippen LogP contribution in [0, 0.1) is 10.8 Å². The zero-order valence-electron chi connectivity index (χ0n) is 10.3. The number of nitrogens with one attached hydrogen (secondary N) is 1. The monoisotopic (exact) mass is 229 g/mol. The molecule has 1 unspecified atom stereocenters. The van der Waals surface area contributed by atoms with E-state index in [1.54, 1.807) is 0 Å². The average Bonchev–Trinajstić information content (AvgIpc) is 1.99. The van der Waals surface area contributed by atoms with Crippen LogP contribution < -0.4 is 5.32 Å². The maximum absolute atomic E-state index is 9.41. The summed E-state index contributed by atoms with van der Waals surface area (Å²) in [5.74, 6) is 0. The Bertz CT molecular complexity index is 248. The van der Waals surface area contributed by atoms with Gasteiger partial charge < -0.3 is 9.87 Å². The van der Waals surface area contributed by atoms with Gasteiger partial charge in [-0.15, -0.1) is 0 Å². The molecule has 0 aromatic heterocycles. The Labute approximate surface area is 97.7 Å². The first kappa shape index (κ1) is 13.1. The SMILES string of the molecule is C=C1CNCC(C)(C)CC(C)(C)C1SO. The summed E-state index contributed by atoms with van der Waals surface area (Å²) in [5.41, 5.74) is 1.48. The largest absolute Gasteiger partial charge is 0.329 e. The van der Waals surface area contributed by atoms with E-state index in [0.29, 0.717) is 0 Å². The molecule has 1 saturated heterocycles. The third kappa shape index (κ3) is 3.23. The van der Waals surface area contributed by atoms with Gasteiger partial charge in [0.1, 0.15) is 0 Å². The fourth-order valence-electron chi connectivity index (χ4n) is 2.81. The van der Waals surface area contributed by atoms with Gasteiger partial charge in [0.25, 0.3) is 0 Å². The molecule has 88 valence electrons. The van der Waals surface area contributed by atoms with Crippen LogP contribution in [0.1, 0.15) is 34.1 Å². The third-order valence-corrected chi connectivity index (χ3v) is 4.26. The molecule has 0 aliphatic carbocycles. The van der Waals surface area contributed by atoms with Gasteiger partial charge in [-0.2, -0.15) is 0 Å². The van der Waals surface area contributed by atoms with Crippen molar-refractivity contribution < 1.29 is 4.55 Å². The fourth-order valence-corrected chi connectivity index (χ4v) is 3.41. The van der Waals surface area contributed by atoms with Crippen LogP contribution in [0.3, 0.4) is 0 Å². The number of hydrogen-bond donors (Lipinski definition) is 2. The zero-order valence-corrected chi connectivity index (χ0v) is 11.1. The van der Waals surface area contributed by atoms with Gasteiger partial charge in [0.2, 0.25) is 0 Å². The Hall–Kier alpha value is 0.01000. The van der Waals surface area contributed by atoms with Gasteiger partial charge in [0.05, 0.1) is 5.25 Å². The molecule has 1 fully saturated rings. The molecule has 0 aromatic rings. The maximum atomic E-state index is 9.41. The highest BCUT2D eigenvalue weighted by atomic mass is 32.2. The van der Waals surface area contributed by atoms with Crippen molar-refractivity contribution in [1.82, 2.24) is 5.32 Å². The van der Waals surface area contributed by atoms with E-state index in [-0.39, 0.29) is 16.1 Å². The summed E-state index contributed by atoms with van der Waals surface area (Å²) >= 11 is 0.945. The zero-order chi connectivity index (χ0) is 11.7. The molecular weight excluding hydrogens is 206 g/mol. The van der Waals surface area contributed by atoms with Crippen molar-refractivity contribution in [3.8, 4) is 0 Å². The van der Waals surface area contributed by atoms with Crippen molar-refractivity contribution in [1.29, 1.82) is 0 Å². The highest BCUT2D eigenvalue weighted by molar-refractivity contribution is 7.94. The molecule has 0 bridgehead atoms. The lowest BCUT2D eigenvalue weighted by Crippen LogP contribution is -2.43. The summed E-state index contributed by atoms with van der Waals surface area (Å²) in [4.78, 5) is 0. The van der Waals surface area contributed by atoms with Crippen LogP contribution >= 0.6 is 12.0 Å². The first-order valence-corrected chi connectivity index (χ1v) is 6.31. The first-order valence-electron chi connectivity index (χ1n) is 5.47. The Morgan fingerprint density at radius 3 is 2.53 bits per heavy atom. The average molecular weight is 229 g/mol. The summed E-state index contributed by atoms with van der Waals surface area (Å²) in [6.07, 6.45) is 1.09. The lowest BCUT2D eigenvalue weighted by Gasteiger charge is -2.42. The van der Waals surface area contributed by atoms with Gasteiger partial charge in [-0.05, 0) is 34.9 Å². The van der Waals surface area contributed by atoms with Crippen LogP contribution in [0.4, 0.5) is 0 Å². The van der Waals surface area contributed by atoms with E-state index in [4.69, 9.17) is 0 Å². The smallest absolute Gasteiger partial charge is 0.0578 e. The molecule has 1 atom stereocenters. The second-order valence-electron chi connectivity index (χ2n) is 6.08. The number of rotatable bonds is 1. The molecule has 3 heteroatoms. The molecule has 0 radical (unpaired) electrons. The van der Waals surface area contributed by atoms with Crippen LogP contribution in [0.15, 0.2) is 12.2 Å². The topological polar surface area (TPSA) is 32.3 Å². The second-order valence-corrected chi connectivity index (χ2v) is 6.76. The van der Waals surface area contributed by atoms with Crippen LogP contribution in [0.2, 0.25) is 0 Å². The van der Waals surface area contributed by atoms with Gasteiger partial charge in [-0.1, -0.05) is 34.3 Å². The molecular formula is C12H23NOS. The predicted octanol–water partition coefficient (Wildman–Crippen LogP) is 3.16. The van der Waals surface area contributed by atoms with Gasteiger partial charge in [0, 0.05) is 13.1 Å². The Morgan fingerprint density at radius 1 is 1.40 bits per heavy atom. The Morgan fingerprint density at radius 2 is 2.00 bits per heavy atom. The van der Waals surface area contributed by atoms with Crippen LogP contribution in [0.25, 0.3) is 0 Å². The summed E-state index contributed by atoms with van der Waals surface area (Å²) < 4.78 is 9.41. The van der Waals surface area contributed by atoms with E-state index in [1.807, 2.05) is 0 Å². The molecule has 2 nitrogen and oxygen atoms in total. The highest BCUT2D eigenvalue weighted by Gasteiger charge is 2.38. The van der Waals surface area contributed by atoms with Gasteiger partial charge in [-0.25, -0.2) is 0 Å². The summed E-state index contributed by atoms with van der Waals surface area (Å²) in [6, 6.07) is 0. The first-order chi connectivity index (χ1) is 6.78. The molecule has 0 amide bonds. The van der Waals surface area contributed by atoms with Crippen molar-refractivity contribution in [2.45, 2.75) is 39.4 Å². The van der Waals surface area contributed by atoms with Crippen LogP contribution in [-0.4, -0.2) is 22.9 Å². The van der Waals surface area contributed by atoms with E-state index in [2.05, 4.69) is 39.6 Å². The Kier molecular flexibility index (Phi) is 3.90. The quantitative estimate of drug-likeness (QED) is 0.535. The van der Waals surface area contributed by atoms with Gasteiger partial charge >= 0.3 is 0 Å². The molecule has 15 heavy (non-hydrogen) atoms. The van der Waals surface area contributed by atoms with E-state index in [1.165, 1.54) is 0 Å². The molecule has 1 heterocycles.